The highest BCUT2D eigenvalue weighted by atomic mass is 32.2. The quantitative estimate of drug-likeness (QED) is 0.756. The molecule has 0 amide bonds. The van der Waals surface area contributed by atoms with E-state index in [0.717, 1.165) is 11.8 Å². The number of benzene rings is 1. The molecule has 1 aromatic rings. The van der Waals surface area contributed by atoms with E-state index in [1.165, 1.54) is 25.1 Å². The zero-order chi connectivity index (χ0) is 14.6. The fourth-order valence-electron chi connectivity index (χ4n) is 1.63. The molecule has 0 spiro atoms. The summed E-state index contributed by atoms with van der Waals surface area (Å²) in [7, 11) is 0. The maximum atomic E-state index is 10.9. The van der Waals surface area contributed by atoms with Crippen LogP contribution in [0.4, 0.5) is 0 Å². The molecule has 0 saturated carbocycles. The third-order valence-corrected chi connectivity index (χ3v) is 3.56. The predicted octanol–water partition coefficient (Wildman–Crippen LogP) is 1.37. The molecule has 1 aromatic carbocycles. The van der Waals surface area contributed by atoms with Crippen molar-refractivity contribution in [3.63, 3.8) is 0 Å². The first-order chi connectivity index (χ1) is 8.82. The highest BCUT2D eigenvalue weighted by molar-refractivity contribution is 8.13. The fraction of sp³-hybridized carbons (Fsp3) is 0.385. The maximum Gasteiger partial charge on any atom is 0.335 e. The van der Waals surface area contributed by atoms with Gasteiger partial charge in [0, 0.05) is 12.7 Å². The van der Waals surface area contributed by atoms with E-state index in [0.29, 0.717) is 11.1 Å². The van der Waals surface area contributed by atoms with E-state index >= 15 is 0 Å². The summed E-state index contributed by atoms with van der Waals surface area (Å²) in [6, 6.07) is 4.37. The first-order valence-electron chi connectivity index (χ1n) is 5.66. The summed E-state index contributed by atoms with van der Waals surface area (Å²) in [5, 5.41) is 28.4. The van der Waals surface area contributed by atoms with Gasteiger partial charge in [-0.1, -0.05) is 23.9 Å². The lowest BCUT2D eigenvalue weighted by Crippen LogP contribution is -2.21. The monoisotopic (exact) mass is 284 g/mol. The minimum absolute atomic E-state index is 0.0935. The maximum absolute atomic E-state index is 10.9. The number of hydrogen-bond acceptors (Lipinski definition) is 5. The van der Waals surface area contributed by atoms with Gasteiger partial charge in [0.05, 0.1) is 11.7 Å². The number of aliphatic hydroxyl groups excluding tert-OH is 2. The lowest BCUT2D eigenvalue weighted by Gasteiger charge is -2.18. The molecule has 5 nitrogen and oxygen atoms in total. The van der Waals surface area contributed by atoms with Crippen LogP contribution in [0, 0.1) is 6.92 Å². The van der Waals surface area contributed by atoms with Gasteiger partial charge in [0.15, 0.2) is 5.12 Å². The Bertz CT molecular complexity index is 486. The number of carbonyl (C=O) groups is 2. The molecule has 104 valence electrons. The SMILES string of the molecule is CC(=O)SCC(O)C(O)c1ccc(C(=O)O)c(C)c1. The van der Waals surface area contributed by atoms with E-state index < -0.39 is 18.2 Å². The largest absolute Gasteiger partial charge is 0.478 e. The second-order valence-electron chi connectivity index (χ2n) is 4.19. The second-order valence-corrected chi connectivity index (χ2v) is 5.39. The molecule has 2 unspecified atom stereocenters. The lowest BCUT2D eigenvalue weighted by molar-refractivity contribution is -0.109. The third kappa shape index (κ3) is 4.34. The zero-order valence-corrected chi connectivity index (χ0v) is 11.5. The average molecular weight is 284 g/mol. The van der Waals surface area contributed by atoms with Crippen molar-refractivity contribution >= 4 is 22.8 Å². The molecule has 0 aliphatic heterocycles. The van der Waals surface area contributed by atoms with Crippen LogP contribution in [0.3, 0.4) is 0 Å². The molecule has 0 radical (unpaired) electrons. The van der Waals surface area contributed by atoms with E-state index in [9.17, 15) is 19.8 Å². The van der Waals surface area contributed by atoms with Gasteiger partial charge < -0.3 is 15.3 Å². The number of carboxylic acids is 1. The molecular weight excluding hydrogens is 268 g/mol. The number of thioether (sulfide) groups is 1. The summed E-state index contributed by atoms with van der Waals surface area (Å²) >= 11 is 0.932. The van der Waals surface area contributed by atoms with E-state index in [1.54, 1.807) is 6.92 Å². The third-order valence-electron chi connectivity index (χ3n) is 2.64. The van der Waals surface area contributed by atoms with Crippen molar-refractivity contribution in [2.24, 2.45) is 0 Å². The van der Waals surface area contributed by atoms with Gasteiger partial charge in [-0.2, -0.15) is 0 Å². The van der Waals surface area contributed by atoms with Crippen molar-refractivity contribution in [1.82, 2.24) is 0 Å². The summed E-state index contributed by atoms with van der Waals surface area (Å²) in [6.45, 7) is 3.01. The van der Waals surface area contributed by atoms with Crippen molar-refractivity contribution in [3.8, 4) is 0 Å². The Morgan fingerprint density at radius 3 is 2.42 bits per heavy atom. The Morgan fingerprint density at radius 1 is 1.32 bits per heavy atom. The smallest absolute Gasteiger partial charge is 0.335 e. The second kappa shape index (κ2) is 6.70. The summed E-state index contributed by atoms with van der Waals surface area (Å²) in [5.41, 5.74) is 1.10. The normalized spacial score (nSPS) is 13.9. The van der Waals surface area contributed by atoms with Gasteiger partial charge in [-0.25, -0.2) is 4.79 Å². The van der Waals surface area contributed by atoms with Crippen LogP contribution in [0.1, 0.15) is 34.5 Å². The van der Waals surface area contributed by atoms with Crippen molar-refractivity contribution in [2.75, 3.05) is 5.75 Å². The number of carboxylic acid groups (broad SMARTS) is 1. The molecule has 0 heterocycles. The molecule has 2 atom stereocenters. The summed E-state index contributed by atoms with van der Waals surface area (Å²) in [6.07, 6.45) is -2.22. The highest BCUT2D eigenvalue weighted by Gasteiger charge is 2.20. The van der Waals surface area contributed by atoms with Gasteiger partial charge in [-0.05, 0) is 24.1 Å². The van der Waals surface area contributed by atoms with E-state index in [-0.39, 0.29) is 16.4 Å². The topological polar surface area (TPSA) is 94.8 Å². The van der Waals surface area contributed by atoms with Gasteiger partial charge in [-0.3, -0.25) is 4.79 Å². The summed E-state index contributed by atoms with van der Waals surface area (Å²) < 4.78 is 0. The van der Waals surface area contributed by atoms with Crippen LogP contribution < -0.4 is 0 Å². The minimum atomic E-state index is -1.15. The Balaban J connectivity index is 2.82. The van der Waals surface area contributed by atoms with E-state index in [2.05, 4.69) is 0 Å². The first kappa shape index (κ1) is 15.7. The van der Waals surface area contributed by atoms with E-state index in [1.807, 2.05) is 0 Å². The van der Waals surface area contributed by atoms with Crippen molar-refractivity contribution in [3.05, 3.63) is 34.9 Å². The summed E-state index contributed by atoms with van der Waals surface area (Å²) in [4.78, 5) is 21.6. The van der Waals surface area contributed by atoms with Crippen LogP contribution in [0.25, 0.3) is 0 Å². The minimum Gasteiger partial charge on any atom is -0.478 e. The molecule has 3 N–H and O–H groups in total. The van der Waals surface area contributed by atoms with Crippen molar-refractivity contribution in [2.45, 2.75) is 26.1 Å². The molecular formula is C13H16O5S. The van der Waals surface area contributed by atoms with Crippen LogP contribution in [0.5, 0.6) is 0 Å². The Morgan fingerprint density at radius 2 is 1.95 bits per heavy atom. The van der Waals surface area contributed by atoms with Crippen LogP contribution in [0.2, 0.25) is 0 Å². The van der Waals surface area contributed by atoms with Gasteiger partial charge in [0.1, 0.15) is 6.10 Å². The molecule has 0 saturated heterocycles. The van der Waals surface area contributed by atoms with Crippen molar-refractivity contribution in [1.29, 1.82) is 0 Å². The fourth-order valence-corrected chi connectivity index (χ4v) is 2.21. The molecule has 0 aliphatic carbocycles. The van der Waals surface area contributed by atoms with Gasteiger partial charge in [-0.15, -0.1) is 0 Å². The number of aryl methyl sites for hydroxylation is 1. The Labute approximate surface area is 115 Å². The first-order valence-corrected chi connectivity index (χ1v) is 6.64. The lowest BCUT2D eigenvalue weighted by atomic mass is 9.99. The van der Waals surface area contributed by atoms with Crippen LogP contribution >= 0.6 is 11.8 Å². The molecule has 1 rings (SSSR count). The Hall–Kier alpha value is -1.37. The van der Waals surface area contributed by atoms with Crippen molar-refractivity contribution < 1.29 is 24.9 Å². The van der Waals surface area contributed by atoms with Crippen LogP contribution in [-0.2, 0) is 4.79 Å². The number of carbonyl (C=O) groups excluding carboxylic acids is 1. The summed E-state index contributed by atoms with van der Waals surface area (Å²) in [5.74, 6) is -0.942. The van der Waals surface area contributed by atoms with E-state index in [4.69, 9.17) is 5.11 Å². The average Bonchev–Trinajstić information content (AvgIpc) is 2.34. The van der Waals surface area contributed by atoms with Gasteiger partial charge >= 0.3 is 5.97 Å². The Kier molecular flexibility index (Phi) is 5.53. The van der Waals surface area contributed by atoms with Gasteiger partial charge in [0.2, 0.25) is 0 Å². The molecule has 19 heavy (non-hydrogen) atoms. The predicted molar refractivity (Wildman–Crippen MR) is 72.2 cm³/mol. The molecule has 0 bridgehead atoms. The number of aromatic carboxylic acids is 1. The van der Waals surface area contributed by atoms with Crippen LogP contribution in [0.15, 0.2) is 18.2 Å². The molecule has 0 fully saturated rings. The number of rotatable bonds is 5. The standard InChI is InChI=1S/C13H16O5S/c1-7-5-9(3-4-10(7)13(17)18)12(16)11(15)6-19-8(2)14/h3-5,11-12,15-16H,6H2,1-2H3,(H,17,18). The molecule has 0 aromatic heterocycles. The molecule has 0 aliphatic rings. The molecule has 6 heteroatoms. The number of aliphatic hydroxyl groups is 2. The zero-order valence-electron chi connectivity index (χ0n) is 10.7. The number of hydrogen-bond donors (Lipinski definition) is 3. The highest BCUT2D eigenvalue weighted by Crippen LogP contribution is 2.22. The van der Waals surface area contributed by atoms with Crippen LogP contribution in [-0.4, -0.2) is 38.3 Å². The van der Waals surface area contributed by atoms with Gasteiger partial charge in [0.25, 0.3) is 0 Å².